The number of amides is 2. The maximum absolute atomic E-state index is 15.7. The second kappa shape index (κ2) is 16.8. The van der Waals surface area contributed by atoms with Gasteiger partial charge in [-0.1, -0.05) is 134 Å². The Bertz CT molecular complexity index is 2410. The lowest BCUT2D eigenvalue weighted by molar-refractivity contribution is -0.179. The quantitative estimate of drug-likeness (QED) is 0.127. The van der Waals surface area contributed by atoms with E-state index in [2.05, 4.69) is 39.1 Å². The highest BCUT2D eigenvalue weighted by molar-refractivity contribution is 6.12. The SMILES string of the molecule is CN(CC#Cc1ccc2c(c1)[C@]1(C(=O)N2)[C@H](c2ccc(O)cc2)N2[C@H](c3ccccc3)[C@H](c3ccccc3)OC(=O)[C@H]2[C@@H]1C(=O)N1CCCCCCC1)Cc1ccccc1. The first-order valence-electron chi connectivity index (χ1n) is 21.2. The molecule has 9 nitrogen and oxygen atoms in total. The molecule has 60 heavy (non-hydrogen) atoms. The number of morpholine rings is 1. The summed E-state index contributed by atoms with van der Waals surface area (Å²) in [5, 5.41) is 13.8. The molecule has 2 N–H and O–H groups in total. The molecule has 0 saturated carbocycles. The number of fused-ring (bicyclic) bond motifs is 3. The molecule has 5 aromatic carbocycles. The van der Waals surface area contributed by atoms with Gasteiger partial charge in [0.2, 0.25) is 11.8 Å². The first-order valence-corrected chi connectivity index (χ1v) is 21.2. The highest BCUT2D eigenvalue weighted by Crippen LogP contribution is 2.65. The van der Waals surface area contributed by atoms with Gasteiger partial charge in [-0.15, -0.1) is 0 Å². The van der Waals surface area contributed by atoms with Gasteiger partial charge in [0.15, 0.2) is 0 Å². The lowest BCUT2D eigenvalue weighted by atomic mass is 9.65. The number of hydrogen-bond donors (Lipinski definition) is 2. The summed E-state index contributed by atoms with van der Waals surface area (Å²) in [6, 6.07) is 39.9. The van der Waals surface area contributed by atoms with Crippen molar-refractivity contribution in [3.8, 4) is 17.6 Å². The molecule has 0 unspecified atom stereocenters. The first kappa shape index (κ1) is 39.3. The van der Waals surface area contributed by atoms with E-state index >= 15 is 14.4 Å². The van der Waals surface area contributed by atoms with Crippen molar-refractivity contribution in [1.82, 2.24) is 14.7 Å². The molecule has 6 atom stereocenters. The van der Waals surface area contributed by atoms with E-state index in [9.17, 15) is 5.11 Å². The van der Waals surface area contributed by atoms with Crippen LogP contribution >= 0.6 is 0 Å². The zero-order valence-corrected chi connectivity index (χ0v) is 33.9. The van der Waals surface area contributed by atoms with Crippen LogP contribution in [0, 0.1) is 17.8 Å². The smallest absolute Gasteiger partial charge is 0.324 e. The van der Waals surface area contributed by atoms with Gasteiger partial charge in [-0.05, 0) is 78.0 Å². The third-order valence-corrected chi connectivity index (χ3v) is 12.8. The molecular weight excluding hydrogens is 749 g/mol. The van der Waals surface area contributed by atoms with E-state index in [-0.39, 0.29) is 17.6 Å². The maximum atomic E-state index is 15.7. The largest absolute Gasteiger partial charge is 0.508 e. The van der Waals surface area contributed by atoms with E-state index in [0.717, 1.165) is 49.8 Å². The molecular formula is C51H50N4O5. The fourth-order valence-corrected chi connectivity index (χ4v) is 10.2. The van der Waals surface area contributed by atoms with Gasteiger partial charge in [0, 0.05) is 30.9 Å². The minimum atomic E-state index is -1.59. The van der Waals surface area contributed by atoms with Gasteiger partial charge in [-0.3, -0.25) is 24.2 Å². The Kier molecular flexibility index (Phi) is 11.0. The van der Waals surface area contributed by atoms with E-state index in [1.54, 1.807) is 12.1 Å². The van der Waals surface area contributed by atoms with Crippen LogP contribution in [0.15, 0.2) is 133 Å². The average molecular weight is 799 g/mol. The Hall–Kier alpha value is -6.21. The van der Waals surface area contributed by atoms with Gasteiger partial charge >= 0.3 is 5.97 Å². The number of carbonyl (C=O) groups excluding carboxylic acids is 3. The van der Waals surface area contributed by atoms with Gasteiger partial charge in [0.25, 0.3) is 0 Å². The van der Waals surface area contributed by atoms with Crippen molar-refractivity contribution in [2.45, 2.75) is 68.3 Å². The van der Waals surface area contributed by atoms with Gasteiger partial charge in [-0.25, -0.2) is 0 Å². The highest BCUT2D eigenvalue weighted by atomic mass is 16.6. The summed E-state index contributed by atoms with van der Waals surface area (Å²) < 4.78 is 6.59. The van der Waals surface area contributed by atoms with Crippen molar-refractivity contribution in [3.63, 3.8) is 0 Å². The van der Waals surface area contributed by atoms with E-state index < -0.39 is 41.5 Å². The molecule has 0 aromatic heterocycles. The minimum Gasteiger partial charge on any atom is -0.508 e. The standard InChI is InChI=1S/C51H50N4O5/c1-53(34-36-17-8-5-9-18-36)30-16-19-35-24-29-42-41(33-35)51(50(59)52-42)43(48(57)54-31-14-3-2-4-15-32-54)45-49(58)60-46(38-22-12-7-13-23-38)44(37-20-10-6-11-21-37)55(45)47(51)39-25-27-40(56)28-26-39/h5-13,17-18,20-29,33,43-47,56H,2-4,14-15,30-32,34H2,1H3,(H,52,59)/t43-,44-,45-,46+,47+,51-/m1/s1. The molecule has 304 valence electrons. The van der Waals surface area contributed by atoms with Crippen molar-refractivity contribution in [1.29, 1.82) is 0 Å². The third-order valence-electron chi connectivity index (χ3n) is 12.8. The number of aromatic hydroxyl groups is 1. The van der Waals surface area contributed by atoms with Gasteiger partial charge < -0.3 is 20.1 Å². The number of likely N-dealkylation sites (tertiary alicyclic amines) is 1. The zero-order valence-electron chi connectivity index (χ0n) is 33.9. The number of hydrogen-bond acceptors (Lipinski definition) is 7. The van der Waals surface area contributed by atoms with Crippen LogP contribution in [0.4, 0.5) is 5.69 Å². The number of nitrogens with one attached hydrogen (secondary N) is 1. The minimum absolute atomic E-state index is 0.0708. The van der Waals surface area contributed by atoms with Crippen molar-refractivity contribution in [2.24, 2.45) is 5.92 Å². The molecule has 0 bridgehead atoms. The Balaban J connectivity index is 1.24. The van der Waals surface area contributed by atoms with Gasteiger partial charge in [0.1, 0.15) is 23.3 Å². The lowest BCUT2D eigenvalue weighted by Gasteiger charge is -2.46. The Labute approximate surface area is 352 Å². The molecule has 9 heteroatoms. The van der Waals surface area contributed by atoms with Crippen LogP contribution in [-0.2, 0) is 31.1 Å². The highest BCUT2D eigenvalue weighted by Gasteiger charge is 2.74. The lowest BCUT2D eigenvalue weighted by Crippen LogP contribution is -2.55. The Morgan fingerprint density at radius 3 is 2.10 bits per heavy atom. The van der Waals surface area contributed by atoms with Crippen LogP contribution in [0.2, 0.25) is 0 Å². The van der Waals surface area contributed by atoms with E-state index in [1.807, 2.05) is 121 Å². The number of ether oxygens (including phenoxy) is 1. The van der Waals surface area contributed by atoms with Crippen LogP contribution in [0.5, 0.6) is 5.75 Å². The predicted octanol–water partition coefficient (Wildman–Crippen LogP) is 7.94. The summed E-state index contributed by atoms with van der Waals surface area (Å²) in [7, 11) is 2.03. The second-order valence-electron chi connectivity index (χ2n) is 16.6. The number of rotatable bonds is 7. The molecule has 4 heterocycles. The fraction of sp³-hybridized carbons (Fsp3) is 0.314. The number of carbonyl (C=O) groups is 3. The Morgan fingerprint density at radius 1 is 0.783 bits per heavy atom. The first-order chi connectivity index (χ1) is 29.3. The third kappa shape index (κ3) is 7.14. The molecule has 0 radical (unpaired) electrons. The van der Waals surface area contributed by atoms with E-state index in [4.69, 9.17) is 4.74 Å². The average Bonchev–Trinajstić information content (AvgIpc) is 3.73. The molecule has 3 saturated heterocycles. The fourth-order valence-electron chi connectivity index (χ4n) is 10.2. The number of esters is 1. The maximum Gasteiger partial charge on any atom is 0.324 e. The second-order valence-corrected chi connectivity index (χ2v) is 16.6. The summed E-state index contributed by atoms with van der Waals surface area (Å²) in [5.74, 6) is 4.52. The van der Waals surface area contributed by atoms with Crippen LogP contribution in [0.1, 0.15) is 83.7 Å². The molecule has 2 amide bonds. The van der Waals surface area contributed by atoms with E-state index in [0.29, 0.717) is 42.0 Å². The summed E-state index contributed by atoms with van der Waals surface area (Å²) in [4.78, 5) is 52.5. The summed E-state index contributed by atoms with van der Waals surface area (Å²) in [6.07, 6.45) is 4.06. The van der Waals surface area contributed by atoms with Crippen molar-refractivity contribution in [2.75, 3.05) is 32.0 Å². The van der Waals surface area contributed by atoms with Crippen LogP contribution < -0.4 is 5.32 Å². The molecule has 0 aliphatic carbocycles. The van der Waals surface area contributed by atoms with E-state index in [1.165, 1.54) is 5.56 Å². The summed E-state index contributed by atoms with van der Waals surface area (Å²) in [5.41, 5.74) is 3.92. The molecule has 1 spiro atoms. The molecule has 4 aliphatic rings. The topological polar surface area (TPSA) is 102 Å². The number of anilines is 1. The van der Waals surface area contributed by atoms with Crippen molar-refractivity contribution in [3.05, 3.63) is 167 Å². The van der Waals surface area contributed by atoms with Gasteiger partial charge in [0.05, 0.1) is 24.5 Å². The number of phenolic OH excluding ortho intramolecular Hbond substituents is 1. The monoisotopic (exact) mass is 798 g/mol. The predicted molar refractivity (Wildman–Crippen MR) is 230 cm³/mol. The van der Waals surface area contributed by atoms with Crippen molar-refractivity contribution >= 4 is 23.5 Å². The number of nitrogens with zero attached hydrogens (tertiary/aromatic N) is 3. The summed E-state index contributed by atoms with van der Waals surface area (Å²) >= 11 is 0. The molecule has 3 fully saturated rings. The normalized spacial score (nSPS) is 25.0. The van der Waals surface area contributed by atoms with Gasteiger partial charge in [-0.2, -0.15) is 0 Å². The number of phenols is 1. The van der Waals surface area contributed by atoms with Crippen LogP contribution in [-0.4, -0.2) is 70.3 Å². The molecule has 9 rings (SSSR count). The zero-order chi connectivity index (χ0) is 41.2. The number of cyclic esters (lactones) is 1. The van der Waals surface area contributed by atoms with Crippen molar-refractivity contribution < 1.29 is 24.2 Å². The molecule has 5 aromatic rings. The van der Waals surface area contributed by atoms with Crippen LogP contribution in [0.3, 0.4) is 0 Å². The summed E-state index contributed by atoms with van der Waals surface area (Å²) in [6.45, 7) is 2.35. The van der Waals surface area contributed by atoms with Crippen LogP contribution in [0.25, 0.3) is 0 Å². The molecule has 4 aliphatic heterocycles. The Morgan fingerprint density at radius 2 is 1.42 bits per heavy atom. The number of benzene rings is 5.